The number of nitrogens with one attached hydrogen (secondary N) is 1. The third kappa shape index (κ3) is 7.15. The van der Waals surface area contributed by atoms with E-state index in [4.69, 9.17) is 14.5 Å². The highest BCUT2D eigenvalue weighted by molar-refractivity contribution is 7.66. The van der Waals surface area contributed by atoms with Gasteiger partial charge in [0.1, 0.15) is 24.0 Å². The molecule has 0 bridgehead atoms. The number of aromatic nitrogens is 5. The van der Waals surface area contributed by atoms with Crippen LogP contribution in [-0.4, -0.2) is 79.3 Å². The molecule has 1 saturated heterocycles. The van der Waals surface area contributed by atoms with Gasteiger partial charge in [-0.1, -0.05) is 23.4 Å². The average Bonchev–Trinajstić information content (AvgIpc) is 3.42. The number of aliphatic hydroxyl groups excluding tert-OH is 2. The Morgan fingerprint density at radius 2 is 1.62 bits per heavy atom. The van der Waals surface area contributed by atoms with Crippen LogP contribution in [0.5, 0.6) is 0 Å². The molecule has 23 heteroatoms. The number of hydrogen-bond donors (Lipinski definition) is 7. The first-order chi connectivity index (χ1) is 18.6. The van der Waals surface area contributed by atoms with Crippen LogP contribution < -0.4 is 11.2 Å². The summed E-state index contributed by atoms with van der Waals surface area (Å²) in [6.07, 6.45) is -4.72. The normalized spacial score (nSPS) is 24.4. The largest absolute Gasteiger partial charge is 0.490 e. The monoisotopic (exact) mass is 627 g/mol. The van der Waals surface area contributed by atoms with Gasteiger partial charge in [-0.05, 0) is 12.1 Å². The van der Waals surface area contributed by atoms with Crippen LogP contribution in [0.1, 0.15) is 6.23 Å². The van der Waals surface area contributed by atoms with Crippen molar-refractivity contribution in [1.82, 2.24) is 24.5 Å². The van der Waals surface area contributed by atoms with Crippen LogP contribution in [0.2, 0.25) is 0 Å². The lowest BCUT2D eigenvalue weighted by atomic mass is 10.1. The van der Waals surface area contributed by atoms with Gasteiger partial charge < -0.3 is 34.5 Å². The van der Waals surface area contributed by atoms with E-state index in [9.17, 15) is 43.3 Å². The average molecular weight is 627 g/mol. The van der Waals surface area contributed by atoms with Crippen LogP contribution in [-0.2, 0) is 31.6 Å². The molecule has 6 atom stereocenters. The van der Waals surface area contributed by atoms with Crippen LogP contribution in [0.4, 0.5) is 0 Å². The third-order valence-corrected chi connectivity index (χ3v) is 8.99. The van der Waals surface area contributed by atoms with E-state index in [0.717, 1.165) is 6.20 Å². The van der Waals surface area contributed by atoms with E-state index in [-0.39, 0.29) is 11.3 Å². The smallest absolute Gasteiger partial charge is 0.387 e. The number of aromatic amines is 1. The van der Waals surface area contributed by atoms with Gasteiger partial charge in [0, 0.05) is 6.20 Å². The van der Waals surface area contributed by atoms with Crippen molar-refractivity contribution in [2.45, 2.75) is 24.5 Å². The van der Waals surface area contributed by atoms with Gasteiger partial charge in [-0.2, -0.15) is 8.62 Å². The molecule has 1 aliphatic rings. The van der Waals surface area contributed by atoms with Crippen molar-refractivity contribution in [1.29, 1.82) is 0 Å². The molecule has 218 valence electrons. The van der Waals surface area contributed by atoms with Crippen molar-refractivity contribution in [3.63, 3.8) is 0 Å². The van der Waals surface area contributed by atoms with Gasteiger partial charge in [0.05, 0.1) is 24.1 Å². The Labute approximate surface area is 221 Å². The summed E-state index contributed by atoms with van der Waals surface area (Å²) in [4.78, 5) is 62.9. The second-order valence-corrected chi connectivity index (χ2v) is 12.4. The number of rotatable bonds is 10. The SMILES string of the molecule is O=c1[nH]c(=O)n([C@@H]2O[C@H](COP(=O)(O)OP(=O)(O)OP(=O)(O)O)C(O)[C@@H]2O)cc1-c1cn(-c2ccccc2)nn1. The summed E-state index contributed by atoms with van der Waals surface area (Å²) in [5, 5.41) is 28.6. The summed E-state index contributed by atoms with van der Waals surface area (Å²) in [5.41, 5.74) is -1.48. The van der Waals surface area contributed by atoms with E-state index >= 15 is 0 Å². The Kier molecular flexibility index (Phi) is 8.56. The summed E-state index contributed by atoms with van der Waals surface area (Å²) in [6.45, 7) is -1.10. The second-order valence-electron chi connectivity index (χ2n) is 8.03. The van der Waals surface area contributed by atoms with Crippen molar-refractivity contribution < 1.29 is 61.4 Å². The zero-order valence-corrected chi connectivity index (χ0v) is 22.2. The number of H-pyrrole nitrogens is 1. The molecule has 2 aromatic heterocycles. The summed E-state index contributed by atoms with van der Waals surface area (Å²) < 4.78 is 53.1. The molecule has 7 N–H and O–H groups in total. The number of phosphoric ester groups is 1. The first kappa shape index (κ1) is 30.3. The van der Waals surface area contributed by atoms with Crippen molar-refractivity contribution in [3.05, 3.63) is 63.6 Å². The molecular weight excluding hydrogens is 607 g/mol. The highest BCUT2D eigenvalue weighted by Gasteiger charge is 2.47. The molecule has 1 aromatic carbocycles. The Morgan fingerprint density at radius 3 is 2.27 bits per heavy atom. The van der Waals surface area contributed by atoms with Gasteiger partial charge in [-0.25, -0.2) is 23.2 Å². The Bertz CT molecular complexity index is 1630. The van der Waals surface area contributed by atoms with E-state index < -0.39 is 65.9 Å². The topological polar surface area (TPSA) is 295 Å². The van der Waals surface area contributed by atoms with Gasteiger partial charge in [-0.15, -0.1) is 5.10 Å². The Morgan fingerprint density at radius 1 is 0.950 bits per heavy atom. The molecular formula is C17H20N5O15P3. The predicted molar refractivity (Wildman–Crippen MR) is 127 cm³/mol. The molecule has 1 aliphatic heterocycles. The molecule has 4 rings (SSSR count). The summed E-state index contributed by atoms with van der Waals surface area (Å²) >= 11 is 0. The molecule has 20 nitrogen and oxygen atoms in total. The lowest BCUT2D eigenvalue weighted by Gasteiger charge is -2.19. The molecule has 0 saturated carbocycles. The Balaban J connectivity index is 1.52. The fourth-order valence-electron chi connectivity index (χ4n) is 3.52. The van der Waals surface area contributed by atoms with Crippen LogP contribution in [0.25, 0.3) is 16.9 Å². The second kappa shape index (κ2) is 11.3. The Hall–Kier alpha value is -2.67. The van der Waals surface area contributed by atoms with Crippen LogP contribution in [0.15, 0.2) is 52.3 Å². The van der Waals surface area contributed by atoms with Crippen LogP contribution in [0, 0.1) is 0 Å². The molecule has 0 aliphatic carbocycles. The van der Waals surface area contributed by atoms with Crippen molar-refractivity contribution >= 4 is 23.5 Å². The number of hydrogen-bond acceptors (Lipinski definition) is 13. The number of ether oxygens (including phenoxy) is 1. The zero-order chi connectivity index (χ0) is 29.5. The number of phosphoric acid groups is 3. The van der Waals surface area contributed by atoms with Gasteiger partial charge >= 0.3 is 29.2 Å². The van der Waals surface area contributed by atoms with E-state index in [0.29, 0.717) is 10.3 Å². The van der Waals surface area contributed by atoms with E-state index in [1.807, 2.05) is 4.98 Å². The highest BCUT2D eigenvalue weighted by atomic mass is 31.3. The quantitative estimate of drug-likeness (QED) is 0.129. The predicted octanol–water partition coefficient (Wildman–Crippen LogP) is -1.25. The fourth-order valence-corrected chi connectivity index (χ4v) is 6.55. The lowest BCUT2D eigenvalue weighted by molar-refractivity contribution is -0.0541. The maximum absolute atomic E-state index is 12.5. The minimum atomic E-state index is -5.79. The van der Waals surface area contributed by atoms with Gasteiger partial charge in [-0.3, -0.25) is 18.9 Å². The maximum atomic E-state index is 12.5. The highest BCUT2D eigenvalue weighted by Crippen LogP contribution is 2.66. The standard InChI is InChI=1S/C17H20N5O15P3/c23-13-12(8-34-39(30,31)37-40(32,33)36-38(27,28)29)35-16(14(13)24)21-6-10(15(25)18-17(21)26)11-7-22(20-19-11)9-4-2-1-3-5-9/h1-7,12-14,16,23-24H,8H2,(H,30,31)(H,32,33)(H,18,25,26)(H2,27,28,29)/t12-,13?,14+,16-/m1/s1. The summed E-state index contributed by atoms with van der Waals surface area (Å²) in [7, 11) is -17.0. The van der Waals surface area contributed by atoms with Gasteiger partial charge in [0.25, 0.3) is 5.56 Å². The van der Waals surface area contributed by atoms with Crippen LogP contribution >= 0.6 is 23.5 Å². The van der Waals surface area contributed by atoms with E-state index in [1.54, 1.807) is 30.3 Å². The van der Waals surface area contributed by atoms with Crippen molar-refractivity contribution in [2.75, 3.05) is 6.61 Å². The molecule has 1 fully saturated rings. The van der Waals surface area contributed by atoms with Crippen molar-refractivity contribution in [2.24, 2.45) is 0 Å². The minimum Gasteiger partial charge on any atom is -0.387 e. The van der Waals surface area contributed by atoms with Gasteiger partial charge in [0.2, 0.25) is 0 Å². The molecule has 40 heavy (non-hydrogen) atoms. The first-order valence-corrected chi connectivity index (χ1v) is 15.2. The molecule has 3 unspecified atom stereocenters. The third-order valence-electron chi connectivity index (χ3n) is 5.19. The molecule has 0 spiro atoms. The summed E-state index contributed by atoms with van der Waals surface area (Å²) in [5.74, 6) is 0. The number of para-hydroxylation sites is 1. The van der Waals surface area contributed by atoms with E-state index in [1.165, 1.54) is 10.9 Å². The first-order valence-electron chi connectivity index (χ1n) is 10.7. The maximum Gasteiger partial charge on any atom is 0.490 e. The molecule has 0 radical (unpaired) electrons. The minimum absolute atomic E-state index is 0.0242. The van der Waals surface area contributed by atoms with Crippen molar-refractivity contribution in [3.8, 4) is 16.9 Å². The van der Waals surface area contributed by atoms with Gasteiger partial charge in [0.15, 0.2) is 6.23 Å². The number of benzene rings is 1. The summed E-state index contributed by atoms with van der Waals surface area (Å²) in [6, 6.07) is 8.70. The molecule has 3 aromatic rings. The molecule has 3 heterocycles. The number of aliphatic hydroxyl groups is 2. The van der Waals surface area contributed by atoms with E-state index in [2.05, 4.69) is 23.5 Å². The lowest BCUT2D eigenvalue weighted by Crippen LogP contribution is -2.38. The number of nitrogens with zero attached hydrogens (tertiary/aromatic N) is 4. The fraction of sp³-hybridized carbons (Fsp3) is 0.294. The molecule has 0 amide bonds. The van der Waals surface area contributed by atoms with Crippen LogP contribution in [0.3, 0.4) is 0 Å². The zero-order valence-electron chi connectivity index (χ0n) is 19.5.